The summed E-state index contributed by atoms with van der Waals surface area (Å²) < 4.78 is 11.4. The lowest BCUT2D eigenvalue weighted by molar-refractivity contribution is -0.149. The Labute approximate surface area is 127 Å². The molecule has 2 fully saturated rings. The van der Waals surface area contributed by atoms with Gasteiger partial charge in [-0.2, -0.15) is 0 Å². The van der Waals surface area contributed by atoms with Crippen LogP contribution in [0.3, 0.4) is 0 Å². The number of carbonyl (C=O) groups is 1. The first-order valence-electron chi connectivity index (χ1n) is 8.34. The van der Waals surface area contributed by atoms with E-state index >= 15 is 0 Å². The maximum atomic E-state index is 11.7. The van der Waals surface area contributed by atoms with E-state index in [0.29, 0.717) is 18.8 Å². The first-order valence-corrected chi connectivity index (χ1v) is 8.34. The molecule has 122 valence electrons. The van der Waals surface area contributed by atoms with Gasteiger partial charge in [0, 0.05) is 26.2 Å². The minimum absolute atomic E-state index is 0.0713. The molecule has 0 radical (unpaired) electrons. The monoisotopic (exact) mass is 299 g/mol. The van der Waals surface area contributed by atoms with Crippen LogP contribution in [0.2, 0.25) is 0 Å². The van der Waals surface area contributed by atoms with Gasteiger partial charge in [-0.3, -0.25) is 4.79 Å². The molecule has 0 bridgehead atoms. The molecular formula is C16H29NO4. The number of aliphatic carboxylic acids is 1. The Morgan fingerprint density at radius 3 is 2.81 bits per heavy atom. The number of rotatable bonds is 7. The molecule has 2 N–H and O–H groups in total. The molecule has 2 unspecified atom stereocenters. The van der Waals surface area contributed by atoms with E-state index in [-0.39, 0.29) is 6.10 Å². The summed E-state index contributed by atoms with van der Waals surface area (Å²) in [5.41, 5.74) is -0.783. The van der Waals surface area contributed by atoms with Crippen LogP contribution in [-0.4, -0.2) is 49.1 Å². The summed E-state index contributed by atoms with van der Waals surface area (Å²) in [6, 6.07) is 0. The van der Waals surface area contributed by atoms with E-state index in [2.05, 4.69) is 12.2 Å². The highest BCUT2D eigenvalue weighted by atomic mass is 16.5. The molecule has 0 aromatic rings. The lowest BCUT2D eigenvalue weighted by atomic mass is 9.80. The summed E-state index contributed by atoms with van der Waals surface area (Å²) in [5, 5.41) is 12.9. The third-order valence-corrected chi connectivity index (χ3v) is 4.74. The van der Waals surface area contributed by atoms with Crippen molar-refractivity contribution in [3.63, 3.8) is 0 Å². The summed E-state index contributed by atoms with van der Waals surface area (Å²) in [6.07, 6.45) is 6.33. The van der Waals surface area contributed by atoms with Gasteiger partial charge in [-0.25, -0.2) is 0 Å². The van der Waals surface area contributed by atoms with E-state index in [1.54, 1.807) is 0 Å². The van der Waals surface area contributed by atoms with E-state index in [1.165, 1.54) is 0 Å². The maximum absolute atomic E-state index is 11.7. The number of nitrogens with one attached hydrogen (secondary N) is 1. The molecule has 21 heavy (non-hydrogen) atoms. The number of ether oxygens (including phenoxy) is 2. The molecule has 2 atom stereocenters. The van der Waals surface area contributed by atoms with Gasteiger partial charge in [0.15, 0.2) is 0 Å². The van der Waals surface area contributed by atoms with E-state index in [0.717, 1.165) is 58.5 Å². The van der Waals surface area contributed by atoms with Gasteiger partial charge >= 0.3 is 5.97 Å². The van der Waals surface area contributed by atoms with Crippen molar-refractivity contribution in [1.82, 2.24) is 5.32 Å². The van der Waals surface area contributed by atoms with Gasteiger partial charge in [-0.1, -0.05) is 6.92 Å². The van der Waals surface area contributed by atoms with Crippen LogP contribution in [0, 0.1) is 5.92 Å². The summed E-state index contributed by atoms with van der Waals surface area (Å²) in [7, 11) is 0. The third-order valence-electron chi connectivity index (χ3n) is 4.74. The molecule has 0 spiro atoms. The largest absolute Gasteiger partial charge is 0.480 e. The average molecular weight is 299 g/mol. The van der Waals surface area contributed by atoms with Crippen LogP contribution in [0.1, 0.15) is 51.9 Å². The molecule has 0 aromatic heterocycles. The zero-order valence-electron chi connectivity index (χ0n) is 13.1. The van der Waals surface area contributed by atoms with Crippen LogP contribution < -0.4 is 5.32 Å². The van der Waals surface area contributed by atoms with Crippen LogP contribution >= 0.6 is 0 Å². The Morgan fingerprint density at radius 1 is 1.38 bits per heavy atom. The molecule has 0 aromatic carbocycles. The summed E-state index contributed by atoms with van der Waals surface area (Å²) in [6.45, 7) is 5.21. The van der Waals surface area contributed by atoms with Gasteiger partial charge in [-0.15, -0.1) is 0 Å². The summed E-state index contributed by atoms with van der Waals surface area (Å²) in [5.74, 6) is -0.154. The Kier molecular flexibility index (Phi) is 6.45. The number of hydrogen-bond acceptors (Lipinski definition) is 4. The minimum atomic E-state index is -0.783. The number of carboxylic acids is 1. The van der Waals surface area contributed by atoms with Gasteiger partial charge < -0.3 is 19.9 Å². The quantitative estimate of drug-likeness (QED) is 0.754. The molecule has 1 saturated carbocycles. The topological polar surface area (TPSA) is 67.8 Å². The Balaban J connectivity index is 1.84. The van der Waals surface area contributed by atoms with Crippen LogP contribution in [0.5, 0.6) is 0 Å². The van der Waals surface area contributed by atoms with Gasteiger partial charge in [-0.05, 0) is 51.0 Å². The van der Waals surface area contributed by atoms with Crippen molar-refractivity contribution in [3.8, 4) is 0 Å². The standard InChI is InChI=1S/C16H29NO4/c1-2-8-17-16(15(18)19)7-3-4-14(11-16)21-12-13-5-9-20-10-6-13/h13-14,17H,2-12H2,1H3,(H,18,19). The fourth-order valence-corrected chi connectivity index (χ4v) is 3.35. The van der Waals surface area contributed by atoms with Crippen LogP contribution in [0.25, 0.3) is 0 Å². The van der Waals surface area contributed by atoms with Gasteiger partial charge in [0.25, 0.3) is 0 Å². The van der Waals surface area contributed by atoms with Crippen molar-refractivity contribution in [1.29, 1.82) is 0 Å². The molecule has 2 rings (SSSR count). The van der Waals surface area contributed by atoms with E-state index < -0.39 is 11.5 Å². The second kappa shape index (κ2) is 8.11. The fraction of sp³-hybridized carbons (Fsp3) is 0.938. The highest BCUT2D eigenvalue weighted by molar-refractivity contribution is 5.79. The number of hydrogen-bond donors (Lipinski definition) is 2. The van der Waals surface area contributed by atoms with Crippen molar-refractivity contribution in [2.45, 2.75) is 63.5 Å². The molecule has 2 aliphatic rings. The first-order chi connectivity index (χ1) is 10.2. The molecule has 1 heterocycles. The predicted octanol–water partition coefficient (Wildman–Crippen LogP) is 2.20. The molecule has 0 amide bonds. The van der Waals surface area contributed by atoms with Crippen molar-refractivity contribution >= 4 is 5.97 Å². The molecule has 5 nitrogen and oxygen atoms in total. The predicted molar refractivity (Wildman–Crippen MR) is 80.4 cm³/mol. The van der Waals surface area contributed by atoms with Gasteiger partial charge in [0.1, 0.15) is 5.54 Å². The van der Waals surface area contributed by atoms with Gasteiger partial charge in [0.2, 0.25) is 0 Å². The highest BCUT2D eigenvalue weighted by Gasteiger charge is 2.42. The van der Waals surface area contributed by atoms with Crippen LogP contribution in [-0.2, 0) is 14.3 Å². The highest BCUT2D eigenvalue weighted by Crippen LogP contribution is 2.31. The zero-order valence-corrected chi connectivity index (χ0v) is 13.1. The van der Waals surface area contributed by atoms with E-state index in [4.69, 9.17) is 9.47 Å². The number of carboxylic acid groups (broad SMARTS) is 1. The minimum Gasteiger partial charge on any atom is -0.480 e. The lowest BCUT2D eigenvalue weighted by Crippen LogP contribution is -2.56. The zero-order chi connectivity index (χ0) is 15.1. The molecule has 1 saturated heterocycles. The van der Waals surface area contributed by atoms with Crippen molar-refractivity contribution in [2.24, 2.45) is 5.92 Å². The third kappa shape index (κ3) is 4.66. The SMILES string of the molecule is CCCNC1(C(=O)O)CCCC(OCC2CCOCC2)C1. The Morgan fingerprint density at radius 2 is 2.14 bits per heavy atom. The second-order valence-electron chi connectivity index (χ2n) is 6.42. The Bertz CT molecular complexity index is 330. The normalized spacial score (nSPS) is 31.2. The van der Waals surface area contributed by atoms with Crippen LogP contribution in [0.15, 0.2) is 0 Å². The first kappa shape index (κ1) is 16.7. The summed E-state index contributed by atoms with van der Waals surface area (Å²) in [4.78, 5) is 11.7. The molecule has 1 aliphatic carbocycles. The Hall–Kier alpha value is -0.650. The van der Waals surface area contributed by atoms with Crippen molar-refractivity contribution in [3.05, 3.63) is 0 Å². The average Bonchev–Trinajstić information content (AvgIpc) is 2.52. The van der Waals surface area contributed by atoms with Crippen LogP contribution in [0.4, 0.5) is 0 Å². The molecular weight excluding hydrogens is 270 g/mol. The van der Waals surface area contributed by atoms with Crippen molar-refractivity contribution in [2.75, 3.05) is 26.4 Å². The molecule has 5 heteroatoms. The van der Waals surface area contributed by atoms with Gasteiger partial charge in [0.05, 0.1) is 6.10 Å². The smallest absolute Gasteiger partial charge is 0.323 e. The lowest BCUT2D eigenvalue weighted by Gasteiger charge is -2.38. The summed E-state index contributed by atoms with van der Waals surface area (Å²) >= 11 is 0. The maximum Gasteiger partial charge on any atom is 0.323 e. The second-order valence-corrected chi connectivity index (χ2v) is 6.42. The van der Waals surface area contributed by atoms with E-state index in [9.17, 15) is 9.90 Å². The fourth-order valence-electron chi connectivity index (χ4n) is 3.35. The van der Waals surface area contributed by atoms with Crippen molar-refractivity contribution < 1.29 is 19.4 Å². The molecule has 1 aliphatic heterocycles. The van der Waals surface area contributed by atoms with E-state index in [1.807, 2.05) is 0 Å².